The van der Waals surface area contributed by atoms with Gasteiger partial charge < -0.3 is 19.3 Å². The molecule has 0 aliphatic rings. The maximum Gasteiger partial charge on any atom is 0.159 e. The van der Waals surface area contributed by atoms with Crippen molar-refractivity contribution in [3.05, 3.63) is 108 Å². The number of nitrogens with zero attached hydrogens (tertiary/aromatic N) is 6. The first-order valence-corrected chi connectivity index (χ1v) is 17.2. The van der Waals surface area contributed by atoms with Gasteiger partial charge in [0.2, 0.25) is 0 Å². The van der Waals surface area contributed by atoms with Gasteiger partial charge in [0.05, 0.1) is 22.1 Å². The fourth-order valence-corrected chi connectivity index (χ4v) is 6.78. The van der Waals surface area contributed by atoms with Gasteiger partial charge in [-0.05, 0) is 78.9 Å². The van der Waals surface area contributed by atoms with Crippen molar-refractivity contribution in [2.45, 2.75) is 59.0 Å². The minimum atomic E-state index is 0.172. The maximum atomic E-state index is 10.5. The van der Waals surface area contributed by atoms with E-state index in [1.807, 2.05) is 48.5 Å². The Morgan fingerprint density at radius 1 is 0.531 bits per heavy atom. The summed E-state index contributed by atoms with van der Waals surface area (Å²) in [6.07, 6.45) is 4.93. The molecule has 0 amide bonds. The van der Waals surface area contributed by atoms with Crippen LogP contribution in [-0.4, -0.2) is 39.3 Å². The van der Waals surface area contributed by atoms with Crippen LogP contribution in [0.15, 0.2) is 97.1 Å². The zero-order valence-corrected chi connectivity index (χ0v) is 27.8. The summed E-state index contributed by atoms with van der Waals surface area (Å²) in [6.45, 7) is 6.06. The minimum absolute atomic E-state index is 0.172. The van der Waals surface area contributed by atoms with Crippen molar-refractivity contribution in [2.75, 3.05) is 0 Å². The van der Waals surface area contributed by atoms with E-state index in [0.29, 0.717) is 11.0 Å². The molecule has 4 heterocycles. The van der Waals surface area contributed by atoms with Crippen LogP contribution in [0.5, 0.6) is 11.5 Å². The molecule has 2 N–H and O–H groups in total. The maximum absolute atomic E-state index is 10.5. The molecule has 4 aromatic carbocycles. The summed E-state index contributed by atoms with van der Waals surface area (Å²) in [4.78, 5) is 19.8. The second-order valence-electron chi connectivity index (χ2n) is 12.8. The molecule has 0 saturated heterocycles. The van der Waals surface area contributed by atoms with E-state index in [4.69, 9.17) is 19.9 Å². The molecule has 8 rings (SSSR count). The van der Waals surface area contributed by atoms with E-state index in [1.165, 1.54) is 11.1 Å². The molecule has 8 nitrogen and oxygen atoms in total. The molecule has 4 aromatic heterocycles. The van der Waals surface area contributed by atoms with Crippen LogP contribution in [0.1, 0.15) is 50.7 Å². The summed E-state index contributed by atoms with van der Waals surface area (Å²) >= 11 is 0. The first-order valence-electron chi connectivity index (χ1n) is 17.2. The molecule has 0 saturated carbocycles. The van der Waals surface area contributed by atoms with Crippen molar-refractivity contribution in [3.8, 4) is 34.5 Å². The van der Waals surface area contributed by atoms with Crippen LogP contribution in [0.4, 0.5) is 0 Å². The molecule has 0 atom stereocenters. The average molecular weight is 647 g/mol. The predicted octanol–water partition coefficient (Wildman–Crippen LogP) is 9.42. The summed E-state index contributed by atoms with van der Waals surface area (Å²) in [5, 5.41) is 22.8. The molecule has 244 valence electrons. The second kappa shape index (κ2) is 12.7. The number of hydrogen-bond donors (Lipinski definition) is 2. The summed E-state index contributed by atoms with van der Waals surface area (Å²) in [5.41, 5.74) is 9.10. The third kappa shape index (κ3) is 5.63. The van der Waals surface area contributed by atoms with E-state index in [-0.39, 0.29) is 11.5 Å². The van der Waals surface area contributed by atoms with Gasteiger partial charge in [-0.15, -0.1) is 0 Å². The van der Waals surface area contributed by atoms with E-state index in [1.54, 1.807) is 12.1 Å². The number of benzene rings is 4. The molecule has 0 unspecified atom stereocenters. The van der Waals surface area contributed by atoms with Crippen molar-refractivity contribution in [1.82, 2.24) is 29.1 Å². The van der Waals surface area contributed by atoms with Crippen LogP contribution >= 0.6 is 0 Å². The number of phenols is 2. The first-order chi connectivity index (χ1) is 24.0. The van der Waals surface area contributed by atoms with Gasteiger partial charge in [0, 0.05) is 23.9 Å². The van der Waals surface area contributed by atoms with Crippen LogP contribution in [0.25, 0.3) is 66.9 Å². The number of pyridine rings is 2. The first kappa shape index (κ1) is 30.6. The summed E-state index contributed by atoms with van der Waals surface area (Å²) in [6, 6.07) is 32.0. The summed E-state index contributed by atoms with van der Waals surface area (Å²) in [5.74, 6) is 1.97. The zero-order chi connectivity index (χ0) is 33.5. The van der Waals surface area contributed by atoms with Crippen LogP contribution in [0.3, 0.4) is 0 Å². The molecule has 8 heteroatoms. The highest BCUT2D eigenvalue weighted by Gasteiger charge is 2.18. The van der Waals surface area contributed by atoms with Gasteiger partial charge in [-0.1, -0.05) is 75.2 Å². The molecular formula is C41H38N6O2. The molecule has 0 aliphatic carbocycles. The predicted molar refractivity (Wildman–Crippen MR) is 197 cm³/mol. The molecule has 0 fully saturated rings. The molecule has 0 radical (unpaired) electrons. The average Bonchev–Trinajstić information content (AvgIpc) is 3.67. The number of hydrogen-bond acceptors (Lipinski definition) is 6. The Morgan fingerprint density at radius 3 is 1.45 bits per heavy atom. The van der Waals surface area contributed by atoms with Gasteiger partial charge in [0.25, 0.3) is 0 Å². The lowest BCUT2D eigenvalue weighted by Crippen LogP contribution is -2.02. The molecule has 0 spiro atoms. The van der Waals surface area contributed by atoms with Crippen molar-refractivity contribution >= 4 is 43.9 Å². The largest absolute Gasteiger partial charge is 0.506 e. The van der Waals surface area contributed by atoms with Crippen LogP contribution in [-0.2, 0) is 19.5 Å². The monoisotopic (exact) mass is 646 g/mol. The van der Waals surface area contributed by atoms with Crippen molar-refractivity contribution in [1.29, 1.82) is 0 Å². The quantitative estimate of drug-likeness (QED) is 0.154. The third-order valence-corrected chi connectivity index (χ3v) is 9.36. The number of rotatable bonds is 10. The van der Waals surface area contributed by atoms with Gasteiger partial charge in [-0.2, -0.15) is 0 Å². The standard InChI is InChI=1S/C41H38N6O2/c1-3-5-21-46-34-24-26(13-17-30(34)44-40(46)32-19-15-28-9-7-11-36(48)38(28)42-32)23-27-14-18-31-35(25-27)47(22-6-4-2)41(45-31)33-20-16-29-10-8-12-37(49)39(29)43-33/h7-20,24-25,48-49H,3-6,21-23H2,1-2H3. The number of unbranched alkanes of at least 4 members (excludes halogenated alkanes) is 2. The Labute approximate surface area is 284 Å². The zero-order valence-electron chi connectivity index (χ0n) is 27.8. The number of phenolic OH excluding ortho intramolecular Hbond substituents is 2. The van der Waals surface area contributed by atoms with Gasteiger partial charge >= 0.3 is 0 Å². The van der Waals surface area contributed by atoms with Crippen molar-refractivity contribution in [2.24, 2.45) is 0 Å². The van der Waals surface area contributed by atoms with Crippen LogP contribution in [0.2, 0.25) is 0 Å². The van der Waals surface area contributed by atoms with Gasteiger partial charge in [0.1, 0.15) is 33.9 Å². The summed E-state index contributed by atoms with van der Waals surface area (Å²) < 4.78 is 4.56. The number of aryl methyl sites for hydroxylation is 2. The Hall–Kier alpha value is -5.76. The third-order valence-electron chi connectivity index (χ3n) is 9.36. The summed E-state index contributed by atoms with van der Waals surface area (Å²) in [7, 11) is 0. The van der Waals surface area contributed by atoms with Crippen LogP contribution in [0, 0.1) is 0 Å². The molecular weight excluding hydrogens is 608 g/mol. The van der Waals surface area contributed by atoms with E-state index in [0.717, 1.165) is 101 Å². The van der Waals surface area contributed by atoms with E-state index >= 15 is 0 Å². The smallest absolute Gasteiger partial charge is 0.159 e. The minimum Gasteiger partial charge on any atom is -0.506 e. The highest BCUT2D eigenvalue weighted by atomic mass is 16.3. The lowest BCUT2D eigenvalue weighted by molar-refractivity contribution is 0.480. The number of imidazole rings is 2. The number of fused-ring (bicyclic) bond motifs is 4. The SMILES string of the molecule is CCCCn1c(-c2ccc3cccc(O)c3n2)nc2ccc(Cc3ccc4nc(-c5ccc6cccc(O)c6n5)n(CCCC)c4c3)cc21. The van der Waals surface area contributed by atoms with E-state index < -0.39 is 0 Å². The van der Waals surface area contributed by atoms with Crippen molar-refractivity contribution in [3.63, 3.8) is 0 Å². The van der Waals surface area contributed by atoms with Crippen LogP contribution < -0.4 is 0 Å². The highest BCUT2D eigenvalue weighted by molar-refractivity contribution is 5.89. The Morgan fingerprint density at radius 2 is 1.00 bits per heavy atom. The fourth-order valence-electron chi connectivity index (χ4n) is 6.78. The molecule has 8 aromatic rings. The van der Waals surface area contributed by atoms with Crippen molar-refractivity contribution < 1.29 is 10.2 Å². The lowest BCUT2D eigenvalue weighted by atomic mass is 10.0. The molecule has 49 heavy (non-hydrogen) atoms. The Balaban J connectivity index is 1.17. The topological polar surface area (TPSA) is 102 Å². The molecule has 0 aliphatic heterocycles. The number of para-hydroxylation sites is 2. The van der Waals surface area contributed by atoms with E-state index in [9.17, 15) is 10.2 Å². The Bertz CT molecular complexity index is 2320. The number of aromatic hydroxyl groups is 2. The number of aromatic nitrogens is 6. The molecule has 0 bridgehead atoms. The fraction of sp³-hybridized carbons (Fsp3) is 0.220. The highest BCUT2D eigenvalue weighted by Crippen LogP contribution is 2.32. The van der Waals surface area contributed by atoms with Gasteiger partial charge in [0.15, 0.2) is 11.6 Å². The lowest BCUT2D eigenvalue weighted by Gasteiger charge is -2.11. The second-order valence-corrected chi connectivity index (χ2v) is 12.8. The van der Waals surface area contributed by atoms with E-state index in [2.05, 4.69) is 59.4 Å². The van der Waals surface area contributed by atoms with Gasteiger partial charge in [-0.25, -0.2) is 19.9 Å². The van der Waals surface area contributed by atoms with Gasteiger partial charge in [-0.3, -0.25) is 0 Å². The normalized spacial score (nSPS) is 11.8. The Kier molecular flexibility index (Phi) is 7.92.